The molecule has 0 saturated heterocycles. The van der Waals surface area contributed by atoms with Gasteiger partial charge in [0.1, 0.15) is 6.10 Å². The third-order valence-electron chi connectivity index (χ3n) is 7.99. The minimum Gasteiger partial charge on any atom is -0.481 e. The second-order valence-corrected chi connectivity index (χ2v) is 12.1. The first-order valence-electron chi connectivity index (χ1n) is 17.7. The number of carboxylic acids is 1. The molecule has 0 aromatic heterocycles. The van der Waals surface area contributed by atoms with Gasteiger partial charge >= 0.3 is 11.9 Å². The van der Waals surface area contributed by atoms with Crippen LogP contribution in [0.2, 0.25) is 0 Å². The number of aliphatic carboxylic acids is 1. The highest BCUT2D eigenvalue weighted by atomic mass is 16.5. The molecule has 236 valence electrons. The fourth-order valence-electron chi connectivity index (χ4n) is 5.35. The van der Waals surface area contributed by atoms with Crippen LogP contribution in [-0.4, -0.2) is 23.1 Å². The minimum atomic E-state index is -0.710. The zero-order chi connectivity index (χ0) is 29.4. The summed E-state index contributed by atoms with van der Waals surface area (Å²) in [6.07, 6.45) is 37.9. The molecule has 1 N–H and O–H groups in total. The Morgan fingerprint density at radius 1 is 0.525 bits per heavy atom. The van der Waals surface area contributed by atoms with Gasteiger partial charge in [0.2, 0.25) is 0 Å². The molecule has 1 unspecified atom stereocenters. The van der Waals surface area contributed by atoms with E-state index in [1.165, 1.54) is 116 Å². The highest BCUT2D eigenvalue weighted by Gasteiger charge is 2.14. The van der Waals surface area contributed by atoms with E-state index < -0.39 is 5.97 Å². The molecule has 4 nitrogen and oxygen atoms in total. The maximum atomic E-state index is 12.6. The molecule has 0 aromatic rings. The zero-order valence-corrected chi connectivity index (χ0v) is 26.9. The largest absolute Gasteiger partial charge is 0.481 e. The van der Waals surface area contributed by atoms with Gasteiger partial charge in [-0.1, -0.05) is 135 Å². The van der Waals surface area contributed by atoms with Crippen molar-refractivity contribution in [1.82, 2.24) is 0 Å². The van der Waals surface area contributed by atoms with Crippen molar-refractivity contribution in [3.8, 4) is 0 Å². The monoisotopic (exact) mass is 565 g/mol. The van der Waals surface area contributed by atoms with E-state index in [2.05, 4.69) is 26.0 Å². The van der Waals surface area contributed by atoms with Gasteiger partial charge in [0.15, 0.2) is 0 Å². The second-order valence-electron chi connectivity index (χ2n) is 12.1. The quantitative estimate of drug-likeness (QED) is 0.0501. The van der Waals surface area contributed by atoms with E-state index in [-0.39, 0.29) is 18.5 Å². The first kappa shape index (κ1) is 38.7. The summed E-state index contributed by atoms with van der Waals surface area (Å²) < 4.78 is 5.94. The Bertz CT molecular complexity index is 571. The number of hydrogen-bond acceptors (Lipinski definition) is 3. The lowest BCUT2D eigenvalue weighted by Crippen LogP contribution is -2.18. The van der Waals surface area contributed by atoms with Crippen molar-refractivity contribution in [1.29, 1.82) is 0 Å². The van der Waals surface area contributed by atoms with Crippen LogP contribution in [0.5, 0.6) is 0 Å². The van der Waals surface area contributed by atoms with Crippen molar-refractivity contribution in [2.45, 2.75) is 206 Å². The predicted octanol–water partition coefficient (Wildman–Crippen LogP) is 11.9. The summed E-state index contributed by atoms with van der Waals surface area (Å²) in [5.74, 6) is -0.730. The molecule has 40 heavy (non-hydrogen) atoms. The summed E-state index contributed by atoms with van der Waals surface area (Å²) >= 11 is 0. The van der Waals surface area contributed by atoms with Crippen LogP contribution >= 0.6 is 0 Å². The van der Waals surface area contributed by atoms with Crippen molar-refractivity contribution in [2.24, 2.45) is 0 Å². The SMILES string of the molecule is CCCCCC/C=C\CCCCCCCC(=O)OC(CCCCCCCCCCCC)CCCCCCC(=O)O. The van der Waals surface area contributed by atoms with Gasteiger partial charge in [-0.05, 0) is 64.2 Å². The fourth-order valence-corrected chi connectivity index (χ4v) is 5.35. The summed E-state index contributed by atoms with van der Waals surface area (Å²) in [5, 5.41) is 8.81. The van der Waals surface area contributed by atoms with E-state index in [4.69, 9.17) is 9.84 Å². The Kier molecular flexibility index (Phi) is 31.1. The van der Waals surface area contributed by atoms with E-state index in [0.717, 1.165) is 57.8 Å². The van der Waals surface area contributed by atoms with Crippen molar-refractivity contribution in [2.75, 3.05) is 0 Å². The van der Waals surface area contributed by atoms with E-state index in [9.17, 15) is 9.59 Å². The van der Waals surface area contributed by atoms with E-state index in [1.807, 2.05) is 0 Å². The lowest BCUT2D eigenvalue weighted by Gasteiger charge is -2.18. The maximum absolute atomic E-state index is 12.6. The average Bonchev–Trinajstić information content (AvgIpc) is 2.93. The van der Waals surface area contributed by atoms with Gasteiger partial charge in [-0.2, -0.15) is 0 Å². The number of carboxylic acid groups (broad SMARTS) is 1. The number of rotatable bonds is 32. The molecule has 4 heteroatoms. The van der Waals surface area contributed by atoms with Crippen LogP contribution in [0.3, 0.4) is 0 Å². The van der Waals surface area contributed by atoms with Crippen molar-refractivity contribution in [3.63, 3.8) is 0 Å². The summed E-state index contributed by atoms with van der Waals surface area (Å²) in [5.41, 5.74) is 0. The number of hydrogen-bond donors (Lipinski definition) is 1. The molecule has 0 aliphatic rings. The molecule has 0 spiro atoms. The predicted molar refractivity (Wildman–Crippen MR) is 172 cm³/mol. The Balaban J connectivity index is 4.01. The summed E-state index contributed by atoms with van der Waals surface area (Å²) in [4.78, 5) is 23.3. The molecular formula is C36H68O4. The topological polar surface area (TPSA) is 63.6 Å². The number of ether oxygens (including phenoxy) is 1. The molecular weight excluding hydrogens is 496 g/mol. The van der Waals surface area contributed by atoms with Gasteiger partial charge < -0.3 is 9.84 Å². The van der Waals surface area contributed by atoms with Crippen LogP contribution in [0, 0.1) is 0 Å². The smallest absolute Gasteiger partial charge is 0.306 e. The minimum absolute atomic E-state index is 0.0195. The zero-order valence-electron chi connectivity index (χ0n) is 26.9. The van der Waals surface area contributed by atoms with Crippen molar-refractivity contribution in [3.05, 3.63) is 12.2 Å². The first-order valence-corrected chi connectivity index (χ1v) is 17.7. The molecule has 0 fully saturated rings. The van der Waals surface area contributed by atoms with Gasteiger partial charge in [0.05, 0.1) is 0 Å². The maximum Gasteiger partial charge on any atom is 0.306 e. The van der Waals surface area contributed by atoms with Gasteiger partial charge in [0.25, 0.3) is 0 Å². The first-order chi connectivity index (χ1) is 19.6. The van der Waals surface area contributed by atoms with Crippen LogP contribution in [0.25, 0.3) is 0 Å². The Hall–Kier alpha value is -1.32. The Labute approximate surface area is 249 Å². The van der Waals surface area contributed by atoms with Crippen LogP contribution in [0.1, 0.15) is 200 Å². The van der Waals surface area contributed by atoms with E-state index in [0.29, 0.717) is 6.42 Å². The molecule has 0 bridgehead atoms. The summed E-state index contributed by atoms with van der Waals surface area (Å²) in [7, 11) is 0. The van der Waals surface area contributed by atoms with E-state index >= 15 is 0 Å². The third-order valence-corrected chi connectivity index (χ3v) is 7.99. The molecule has 0 heterocycles. The molecule has 0 amide bonds. The number of esters is 1. The number of carbonyl (C=O) groups is 2. The molecule has 0 radical (unpaired) electrons. The highest BCUT2D eigenvalue weighted by molar-refractivity contribution is 5.69. The lowest BCUT2D eigenvalue weighted by molar-refractivity contribution is -0.150. The van der Waals surface area contributed by atoms with Gasteiger partial charge in [-0.15, -0.1) is 0 Å². The fraction of sp³-hybridized carbons (Fsp3) is 0.889. The van der Waals surface area contributed by atoms with Crippen molar-refractivity contribution >= 4 is 11.9 Å². The van der Waals surface area contributed by atoms with Crippen LogP contribution < -0.4 is 0 Å². The standard InChI is InChI=1S/C36H68O4/c1-3-5-7-9-11-13-15-16-17-19-21-23-29-33-36(39)40-34(31-27-24-25-28-32-35(37)38)30-26-22-20-18-14-12-10-8-6-4-2/h13,15,34H,3-12,14,16-33H2,1-2H3,(H,37,38)/b15-13-. The van der Waals surface area contributed by atoms with Gasteiger partial charge in [-0.3, -0.25) is 9.59 Å². The second kappa shape index (κ2) is 32.2. The normalized spacial score (nSPS) is 12.2. The summed E-state index contributed by atoms with van der Waals surface area (Å²) in [6, 6.07) is 0. The summed E-state index contributed by atoms with van der Waals surface area (Å²) in [6.45, 7) is 4.52. The van der Waals surface area contributed by atoms with Gasteiger partial charge in [0, 0.05) is 12.8 Å². The highest BCUT2D eigenvalue weighted by Crippen LogP contribution is 2.18. The Morgan fingerprint density at radius 3 is 1.38 bits per heavy atom. The van der Waals surface area contributed by atoms with Crippen molar-refractivity contribution < 1.29 is 19.4 Å². The number of unbranched alkanes of at least 4 members (excludes halogenated alkanes) is 21. The average molecular weight is 565 g/mol. The Morgan fingerprint density at radius 2 is 0.900 bits per heavy atom. The molecule has 1 atom stereocenters. The van der Waals surface area contributed by atoms with Gasteiger partial charge in [-0.25, -0.2) is 0 Å². The van der Waals surface area contributed by atoms with Crippen LogP contribution in [0.4, 0.5) is 0 Å². The molecule has 0 aromatic carbocycles. The molecule has 0 aliphatic heterocycles. The number of allylic oxidation sites excluding steroid dienone is 2. The molecule has 0 aliphatic carbocycles. The molecule has 0 rings (SSSR count). The van der Waals surface area contributed by atoms with Crippen LogP contribution in [-0.2, 0) is 14.3 Å². The van der Waals surface area contributed by atoms with E-state index in [1.54, 1.807) is 0 Å². The number of carbonyl (C=O) groups excluding carboxylic acids is 1. The lowest BCUT2D eigenvalue weighted by atomic mass is 10.0. The molecule has 0 saturated carbocycles. The third kappa shape index (κ3) is 31.2. The van der Waals surface area contributed by atoms with Crippen LogP contribution in [0.15, 0.2) is 12.2 Å².